The second-order valence-corrected chi connectivity index (χ2v) is 4.58. The number of hydrogen-bond acceptors (Lipinski definition) is 4. The van der Waals surface area contributed by atoms with Crippen LogP contribution in [0.15, 0.2) is 16.8 Å². The minimum absolute atomic E-state index is 0.346. The zero-order chi connectivity index (χ0) is 10.8. The third kappa shape index (κ3) is 2.02. The highest BCUT2D eigenvalue weighted by Crippen LogP contribution is 2.20. The zero-order valence-corrected chi connectivity index (χ0v) is 9.66. The van der Waals surface area contributed by atoms with Crippen molar-refractivity contribution in [2.24, 2.45) is 0 Å². The van der Waals surface area contributed by atoms with Crippen LogP contribution in [-0.4, -0.2) is 15.0 Å². The van der Waals surface area contributed by atoms with Gasteiger partial charge in [0.05, 0.1) is 12.2 Å². The van der Waals surface area contributed by atoms with Crippen LogP contribution in [-0.2, 0) is 6.54 Å². The first-order chi connectivity index (χ1) is 7.18. The molecule has 0 saturated carbocycles. The summed E-state index contributed by atoms with van der Waals surface area (Å²) in [5, 5.41) is 12.1. The van der Waals surface area contributed by atoms with Crippen LogP contribution >= 0.6 is 11.3 Å². The predicted molar refractivity (Wildman–Crippen MR) is 61.9 cm³/mol. The van der Waals surface area contributed by atoms with Crippen LogP contribution in [0.3, 0.4) is 0 Å². The van der Waals surface area contributed by atoms with Crippen LogP contribution in [0.25, 0.3) is 0 Å². The highest BCUT2D eigenvalue weighted by atomic mass is 32.1. The van der Waals surface area contributed by atoms with Gasteiger partial charge in [0.15, 0.2) is 5.82 Å². The molecule has 0 aromatic carbocycles. The van der Waals surface area contributed by atoms with Gasteiger partial charge in [0.25, 0.3) is 0 Å². The Morgan fingerprint density at radius 3 is 2.93 bits per heavy atom. The Labute approximate surface area is 92.7 Å². The minimum atomic E-state index is 0.346. The van der Waals surface area contributed by atoms with Gasteiger partial charge in [0.1, 0.15) is 0 Å². The number of hydrogen-bond donors (Lipinski definition) is 1. The number of nitrogen functional groups attached to an aromatic ring is 1. The largest absolute Gasteiger partial charge is 0.381 e. The van der Waals surface area contributed by atoms with Gasteiger partial charge in [-0.1, -0.05) is 19.1 Å². The summed E-state index contributed by atoms with van der Waals surface area (Å²) in [6, 6.07) is 2.09. The Balaban J connectivity index is 2.29. The summed E-state index contributed by atoms with van der Waals surface area (Å²) in [6.45, 7) is 4.94. The first kappa shape index (κ1) is 10.2. The lowest BCUT2D eigenvalue weighted by atomic mass is 10.1. The van der Waals surface area contributed by atoms with Gasteiger partial charge < -0.3 is 5.73 Å². The maximum absolute atomic E-state index is 5.78. The van der Waals surface area contributed by atoms with Crippen LogP contribution in [0.5, 0.6) is 0 Å². The van der Waals surface area contributed by atoms with Gasteiger partial charge in [0, 0.05) is 0 Å². The number of nitrogens with two attached hydrogens (primary N) is 1. The second kappa shape index (κ2) is 4.02. The fourth-order valence-corrected chi connectivity index (χ4v) is 2.26. The van der Waals surface area contributed by atoms with E-state index in [4.69, 9.17) is 5.73 Å². The predicted octanol–water partition coefficient (Wildman–Crippen LogP) is 2.09. The average Bonchev–Trinajstić information content (AvgIpc) is 2.76. The molecule has 0 bridgehead atoms. The molecule has 0 aliphatic carbocycles. The molecule has 0 saturated heterocycles. The average molecular weight is 222 g/mol. The van der Waals surface area contributed by atoms with Crippen LogP contribution in [0.2, 0.25) is 0 Å². The van der Waals surface area contributed by atoms with E-state index in [1.807, 2.05) is 4.68 Å². The Hall–Kier alpha value is -1.36. The maximum Gasteiger partial charge on any atom is 0.169 e. The molecule has 2 heterocycles. The van der Waals surface area contributed by atoms with Crippen molar-refractivity contribution < 1.29 is 0 Å². The van der Waals surface area contributed by atoms with Gasteiger partial charge in [-0.05, 0) is 28.3 Å². The number of aromatic nitrogens is 3. The van der Waals surface area contributed by atoms with Gasteiger partial charge in [-0.15, -0.1) is 5.10 Å². The molecule has 0 atom stereocenters. The van der Waals surface area contributed by atoms with Crippen molar-refractivity contribution in [2.75, 3.05) is 5.73 Å². The molecule has 0 aliphatic heterocycles. The van der Waals surface area contributed by atoms with Crippen molar-refractivity contribution in [1.82, 2.24) is 15.0 Å². The molecule has 5 heteroatoms. The highest BCUT2D eigenvalue weighted by molar-refractivity contribution is 7.07. The molecule has 0 radical (unpaired) electrons. The molecule has 80 valence electrons. The molecule has 4 nitrogen and oxygen atoms in total. The number of rotatable bonds is 3. The lowest BCUT2D eigenvalue weighted by Gasteiger charge is -2.08. The molecule has 0 fully saturated rings. The van der Waals surface area contributed by atoms with E-state index in [0.29, 0.717) is 11.7 Å². The summed E-state index contributed by atoms with van der Waals surface area (Å²) < 4.78 is 1.88. The summed E-state index contributed by atoms with van der Waals surface area (Å²) in [7, 11) is 0. The summed E-state index contributed by atoms with van der Waals surface area (Å²) in [6.07, 6.45) is 0. The van der Waals surface area contributed by atoms with Gasteiger partial charge >= 0.3 is 0 Å². The van der Waals surface area contributed by atoms with Gasteiger partial charge in [0.2, 0.25) is 0 Å². The van der Waals surface area contributed by atoms with Crippen molar-refractivity contribution >= 4 is 17.2 Å². The first-order valence-corrected chi connectivity index (χ1v) is 5.82. The fraction of sp³-hybridized carbons (Fsp3) is 0.400. The molecular formula is C10H14N4S. The second-order valence-electron chi connectivity index (χ2n) is 3.80. The van der Waals surface area contributed by atoms with Crippen molar-refractivity contribution in [2.45, 2.75) is 26.3 Å². The monoisotopic (exact) mass is 222 g/mol. The van der Waals surface area contributed by atoms with Crippen molar-refractivity contribution in [1.29, 1.82) is 0 Å². The van der Waals surface area contributed by atoms with Crippen LogP contribution < -0.4 is 5.73 Å². The number of anilines is 1. The Bertz CT molecular complexity index is 430. The molecule has 2 aromatic rings. The Morgan fingerprint density at radius 2 is 2.33 bits per heavy atom. The summed E-state index contributed by atoms with van der Waals surface area (Å²) in [4.78, 5) is 0. The summed E-state index contributed by atoms with van der Waals surface area (Å²) >= 11 is 1.69. The maximum atomic E-state index is 5.78. The SMILES string of the molecule is CC(C)c1c(N)nnn1Cc1ccsc1. The molecule has 2 rings (SSSR count). The van der Waals surface area contributed by atoms with Gasteiger partial charge in [-0.2, -0.15) is 11.3 Å². The minimum Gasteiger partial charge on any atom is -0.381 e. The highest BCUT2D eigenvalue weighted by Gasteiger charge is 2.13. The lowest BCUT2D eigenvalue weighted by molar-refractivity contribution is 0.599. The van der Waals surface area contributed by atoms with E-state index in [2.05, 4.69) is 41.0 Å². The summed E-state index contributed by atoms with van der Waals surface area (Å²) in [5.74, 6) is 0.888. The van der Waals surface area contributed by atoms with E-state index in [9.17, 15) is 0 Å². The van der Waals surface area contributed by atoms with E-state index in [-0.39, 0.29) is 0 Å². The molecule has 0 amide bonds. The smallest absolute Gasteiger partial charge is 0.169 e. The molecule has 0 unspecified atom stereocenters. The first-order valence-electron chi connectivity index (χ1n) is 4.88. The molecule has 2 N–H and O–H groups in total. The standard InChI is InChI=1S/C10H14N4S/c1-7(2)9-10(11)12-13-14(9)5-8-3-4-15-6-8/h3-4,6-7H,5,11H2,1-2H3. The van der Waals surface area contributed by atoms with E-state index in [1.54, 1.807) is 11.3 Å². The third-order valence-electron chi connectivity index (χ3n) is 2.26. The molecule has 0 aliphatic rings. The normalized spacial score (nSPS) is 11.1. The van der Waals surface area contributed by atoms with Crippen LogP contribution in [0.4, 0.5) is 5.82 Å². The molecule has 2 aromatic heterocycles. The fourth-order valence-electron chi connectivity index (χ4n) is 1.60. The van der Waals surface area contributed by atoms with E-state index < -0.39 is 0 Å². The summed E-state index contributed by atoms with van der Waals surface area (Å²) in [5.41, 5.74) is 8.04. The lowest BCUT2D eigenvalue weighted by Crippen LogP contribution is -2.08. The zero-order valence-electron chi connectivity index (χ0n) is 8.84. The third-order valence-corrected chi connectivity index (χ3v) is 2.99. The topological polar surface area (TPSA) is 56.7 Å². The Morgan fingerprint density at radius 1 is 1.53 bits per heavy atom. The van der Waals surface area contributed by atoms with Gasteiger partial charge in [-0.25, -0.2) is 4.68 Å². The molecule has 0 spiro atoms. The van der Waals surface area contributed by atoms with Crippen LogP contribution in [0, 0.1) is 0 Å². The van der Waals surface area contributed by atoms with E-state index in [0.717, 1.165) is 12.2 Å². The van der Waals surface area contributed by atoms with Crippen molar-refractivity contribution in [3.8, 4) is 0 Å². The van der Waals surface area contributed by atoms with Crippen molar-refractivity contribution in [3.05, 3.63) is 28.1 Å². The van der Waals surface area contributed by atoms with Crippen molar-refractivity contribution in [3.63, 3.8) is 0 Å². The van der Waals surface area contributed by atoms with E-state index in [1.165, 1.54) is 5.56 Å². The van der Waals surface area contributed by atoms with E-state index >= 15 is 0 Å². The molecular weight excluding hydrogens is 208 g/mol. The molecule has 15 heavy (non-hydrogen) atoms. The Kier molecular flexibility index (Phi) is 2.73. The van der Waals surface area contributed by atoms with Crippen LogP contribution in [0.1, 0.15) is 31.0 Å². The van der Waals surface area contributed by atoms with Gasteiger partial charge in [-0.3, -0.25) is 0 Å². The number of nitrogens with zero attached hydrogens (tertiary/aromatic N) is 3. The quantitative estimate of drug-likeness (QED) is 0.865. The number of thiophene rings is 1.